The molecular formula is C31H46O4. The summed E-state index contributed by atoms with van der Waals surface area (Å²) in [5, 5.41) is 0. The lowest BCUT2D eigenvalue weighted by molar-refractivity contribution is -0.160. The van der Waals surface area contributed by atoms with Crippen LogP contribution in [0, 0.1) is 41.9 Å². The van der Waals surface area contributed by atoms with Crippen molar-refractivity contribution < 1.29 is 19.2 Å². The second-order valence-electron chi connectivity index (χ2n) is 12.0. The van der Waals surface area contributed by atoms with E-state index in [-0.39, 0.29) is 18.0 Å². The van der Waals surface area contributed by atoms with Crippen LogP contribution in [-0.4, -0.2) is 23.1 Å². The minimum absolute atomic E-state index is 0.140. The van der Waals surface area contributed by atoms with Crippen LogP contribution in [-0.2, 0) is 25.6 Å². The maximum atomic E-state index is 14.0. The zero-order valence-corrected chi connectivity index (χ0v) is 23.0. The summed E-state index contributed by atoms with van der Waals surface area (Å²) < 4.78 is 0. The number of carbonyl (C=O) groups excluding carboxylic acids is 4. The molecule has 2 unspecified atom stereocenters. The quantitative estimate of drug-likeness (QED) is 0.292. The Hall–Kier alpha value is -2.10. The normalized spacial score (nSPS) is 20.3. The van der Waals surface area contributed by atoms with Gasteiger partial charge in [0.05, 0.1) is 11.3 Å². The number of ketones is 4. The zero-order valence-electron chi connectivity index (χ0n) is 23.0. The molecule has 0 spiro atoms. The molecule has 0 N–H and O–H groups in total. The van der Waals surface area contributed by atoms with E-state index in [1.807, 2.05) is 31.2 Å². The smallest absolute Gasteiger partial charge is 0.164 e. The second-order valence-corrected chi connectivity index (χ2v) is 12.0. The average molecular weight is 483 g/mol. The van der Waals surface area contributed by atoms with E-state index < -0.39 is 28.8 Å². The van der Waals surface area contributed by atoms with E-state index in [2.05, 4.69) is 41.5 Å². The molecule has 0 heterocycles. The van der Waals surface area contributed by atoms with E-state index in [1.54, 1.807) is 0 Å². The highest BCUT2D eigenvalue weighted by Gasteiger charge is 2.59. The first-order valence-electron chi connectivity index (χ1n) is 13.6. The standard InChI is InChI=1S/C31H46O4/c1-20(2)11-13-25-28(33)27(26(32)14-12-24-10-8-9-23(7)19-24)30(35)31(29(25)34,17-15-21(3)4)18-16-22(5)6/h8-10,19-22,25,27H,11-18H2,1-7H3. The van der Waals surface area contributed by atoms with Gasteiger partial charge in [-0.05, 0) is 75.2 Å². The minimum atomic E-state index is -1.30. The number of benzene rings is 1. The van der Waals surface area contributed by atoms with E-state index >= 15 is 0 Å². The van der Waals surface area contributed by atoms with Gasteiger partial charge in [0, 0.05) is 6.42 Å². The number of hydrogen-bond acceptors (Lipinski definition) is 4. The number of aryl methyl sites for hydroxylation is 2. The topological polar surface area (TPSA) is 68.3 Å². The molecule has 35 heavy (non-hydrogen) atoms. The van der Waals surface area contributed by atoms with E-state index in [0.717, 1.165) is 30.4 Å². The fraction of sp³-hybridized carbons (Fsp3) is 0.677. The van der Waals surface area contributed by atoms with Crippen molar-refractivity contribution >= 4 is 23.1 Å². The van der Waals surface area contributed by atoms with Gasteiger partial charge in [-0.3, -0.25) is 19.2 Å². The molecule has 0 aliphatic heterocycles. The predicted octanol–water partition coefficient (Wildman–Crippen LogP) is 6.75. The van der Waals surface area contributed by atoms with Crippen molar-refractivity contribution in [3.8, 4) is 0 Å². The third kappa shape index (κ3) is 7.44. The van der Waals surface area contributed by atoms with Crippen LogP contribution < -0.4 is 0 Å². The third-order valence-corrected chi connectivity index (χ3v) is 7.54. The molecule has 1 saturated carbocycles. The lowest BCUT2D eigenvalue weighted by atomic mass is 9.57. The fourth-order valence-electron chi connectivity index (χ4n) is 5.24. The number of Topliss-reactive ketones (excluding diaryl/α,β-unsaturated/α-hetero) is 4. The summed E-state index contributed by atoms with van der Waals surface area (Å²) >= 11 is 0. The molecule has 2 rings (SSSR count). The third-order valence-electron chi connectivity index (χ3n) is 7.54. The number of carbonyl (C=O) groups is 4. The van der Waals surface area contributed by atoms with Crippen molar-refractivity contribution in [1.29, 1.82) is 0 Å². The molecule has 2 atom stereocenters. The molecule has 4 heteroatoms. The summed E-state index contributed by atoms with van der Waals surface area (Å²) in [4.78, 5) is 55.0. The Kier molecular flexibility index (Phi) is 10.6. The van der Waals surface area contributed by atoms with Crippen LogP contribution in [0.1, 0.15) is 97.6 Å². The highest BCUT2D eigenvalue weighted by molar-refractivity contribution is 6.33. The Morgan fingerprint density at radius 1 is 0.857 bits per heavy atom. The first-order valence-corrected chi connectivity index (χ1v) is 13.6. The Morgan fingerprint density at radius 3 is 1.94 bits per heavy atom. The Balaban J connectivity index is 2.43. The molecular weight excluding hydrogens is 436 g/mol. The molecule has 1 aromatic carbocycles. The van der Waals surface area contributed by atoms with E-state index in [1.165, 1.54) is 0 Å². The van der Waals surface area contributed by atoms with Gasteiger partial charge in [0.25, 0.3) is 0 Å². The van der Waals surface area contributed by atoms with Gasteiger partial charge in [-0.25, -0.2) is 0 Å². The Bertz CT molecular complexity index is 896. The highest BCUT2D eigenvalue weighted by atomic mass is 16.2. The van der Waals surface area contributed by atoms with Gasteiger partial charge in [-0.1, -0.05) is 71.4 Å². The van der Waals surface area contributed by atoms with Crippen molar-refractivity contribution in [1.82, 2.24) is 0 Å². The van der Waals surface area contributed by atoms with Crippen molar-refractivity contribution in [2.75, 3.05) is 0 Å². The summed E-state index contributed by atoms with van der Waals surface area (Å²) in [5.74, 6) is -2.54. The van der Waals surface area contributed by atoms with Crippen LogP contribution in [0.15, 0.2) is 24.3 Å². The maximum Gasteiger partial charge on any atom is 0.164 e. The van der Waals surface area contributed by atoms with Crippen LogP contribution in [0.5, 0.6) is 0 Å². The number of hydrogen-bond donors (Lipinski definition) is 0. The number of rotatable bonds is 13. The lowest BCUT2D eigenvalue weighted by Gasteiger charge is -2.41. The van der Waals surface area contributed by atoms with Crippen LogP contribution in [0.2, 0.25) is 0 Å². The average Bonchev–Trinajstić information content (AvgIpc) is 2.77. The van der Waals surface area contributed by atoms with Gasteiger partial charge in [-0.15, -0.1) is 0 Å². The maximum absolute atomic E-state index is 14.0. The van der Waals surface area contributed by atoms with Gasteiger partial charge in [0.15, 0.2) is 23.1 Å². The molecule has 0 amide bonds. The van der Waals surface area contributed by atoms with E-state index in [0.29, 0.717) is 43.4 Å². The first kappa shape index (κ1) is 29.1. The van der Waals surface area contributed by atoms with Crippen LogP contribution >= 0.6 is 0 Å². The Labute approximate surface area is 212 Å². The largest absolute Gasteiger partial charge is 0.298 e. The summed E-state index contributed by atoms with van der Waals surface area (Å²) in [6.45, 7) is 14.5. The molecule has 1 aromatic rings. The molecule has 0 bridgehead atoms. The molecule has 1 fully saturated rings. The molecule has 0 radical (unpaired) electrons. The van der Waals surface area contributed by atoms with Gasteiger partial charge < -0.3 is 0 Å². The summed E-state index contributed by atoms with van der Waals surface area (Å²) in [6, 6.07) is 7.95. The molecule has 0 saturated heterocycles. The molecule has 194 valence electrons. The van der Waals surface area contributed by atoms with Gasteiger partial charge in [0.2, 0.25) is 0 Å². The van der Waals surface area contributed by atoms with Gasteiger partial charge >= 0.3 is 0 Å². The predicted molar refractivity (Wildman–Crippen MR) is 141 cm³/mol. The monoisotopic (exact) mass is 482 g/mol. The van der Waals surface area contributed by atoms with E-state index in [9.17, 15) is 19.2 Å². The fourth-order valence-corrected chi connectivity index (χ4v) is 5.24. The molecule has 0 aromatic heterocycles. The molecule has 1 aliphatic carbocycles. The molecule has 1 aliphatic rings. The summed E-state index contributed by atoms with van der Waals surface area (Å²) in [6.07, 6.45) is 4.11. The second kappa shape index (κ2) is 12.7. The van der Waals surface area contributed by atoms with Crippen molar-refractivity contribution in [2.24, 2.45) is 35.0 Å². The summed E-state index contributed by atoms with van der Waals surface area (Å²) in [7, 11) is 0. The van der Waals surface area contributed by atoms with Crippen molar-refractivity contribution in [3.63, 3.8) is 0 Å². The van der Waals surface area contributed by atoms with Crippen LogP contribution in [0.4, 0.5) is 0 Å². The minimum Gasteiger partial charge on any atom is -0.298 e. The summed E-state index contributed by atoms with van der Waals surface area (Å²) in [5.41, 5.74) is 0.918. The highest BCUT2D eigenvalue weighted by Crippen LogP contribution is 2.45. The molecule has 4 nitrogen and oxygen atoms in total. The van der Waals surface area contributed by atoms with Gasteiger partial charge in [-0.2, -0.15) is 0 Å². The van der Waals surface area contributed by atoms with Crippen LogP contribution in [0.25, 0.3) is 0 Å². The zero-order chi connectivity index (χ0) is 26.3. The van der Waals surface area contributed by atoms with Crippen LogP contribution in [0.3, 0.4) is 0 Å². The van der Waals surface area contributed by atoms with E-state index in [4.69, 9.17) is 0 Å². The first-order chi connectivity index (χ1) is 16.4. The lowest BCUT2D eigenvalue weighted by Crippen LogP contribution is -2.58. The SMILES string of the molecule is Cc1cccc(CCC(=O)C2C(=O)C(CCC(C)C)C(=O)C(CCC(C)C)(CCC(C)C)C2=O)c1. The van der Waals surface area contributed by atoms with Gasteiger partial charge in [0.1, 0.15) is 5.92 Å². The Morgan fingerprint density at radius 2 is 1.43 bits per heavy atom. The van der Waals surface area contributed by atoms with Crippen molar-refractivity contribution in [3.05, 3.63) is 35.4 Å². The van der Waals surface area contributed by atoms with Crippen molar-refractivity contribution in [2.45, 2.75) is 99.8 Å².